The number of carbonyl (C=O) groups excluding carboxylic acids is 1. The third-order valence-electron chi connectivity index (χ3n) is 1.51. The predicted octanol–water partition coefficient (Wildman–Crippen LogP) is 2.13. The van der Waals surface area contributed by atoms with Crippen LogP contribution in [-0.4, -0.2) is 12.6 Å². The van der Waals surface area contributed by atoms with Crippen LogP contribution in [0.4, 0.5) is 14.9 Å². The van der Waals surface area contributed by atoms with Gasteiger partial charge < -0.3 is 10.6 Å². The summed E-state index contributed by atoms with van der Waals surface area (Å²) in [5, 5.41) is 5.07. The second kappa shape index (κ2) is 5.01. The highest BCUT2D eigenvalue weighted by Gasteiger charge is 1.98. The van der Waals surface area contributed by atoms with Gasteiger partial charge in [-0.3, -0.25) is 0 Å². The van der Waals surface area contributed by atoms with Gasteiger partial charge in [-0.25, -0.2) is 9.18 Å². The summed E-state index contributed by atoms with van der Waals surface area (Å²) < 4.78 is 12.5. The van der Waals surface area contributed by atoms with Crippen LogP contribution in [0.1, 0.15) is 0 Å². The molecule has 4 heteroatoms. The van der Waals surface area contributed by atoms with Crippen molar-refractivity contribution < 1.29 is 9.18 Å². The maximum absolute atomic E-state index is 12.5. The largest absolute Gasteiger partial charge is 0.334 e. The Balaban J connectivity index is 2.47. The molecule has 0 saturated carbocycles. The summed E-state index contributed by atoms with van der Waals surface area (Å²) in [4.78, 5) is 11.1. The van der Waals surface area contributed by atoms with Gasteiger partial charge in [0, 0.05) is 12.2 Å². The van der Waals surface area contributed by atoms with E-state index in [4.69, 9.17) is 0 Å². The highest BCUT2D eigenvalue weighted by Crippen LogP contribution is 2.07. The first-order valence-electron chi connectivity index (χ1n) is 4.13. The van der Waals surface area contributed by atoms with Gasteiger partial charge in [-0.05, 0) is 24.3 Å². The molecular formula is C10H11FN2O. The Morgan fingerprint density at radius 3 is 2.64 bits per heavy atom. The summed E-state index contributed by atoms with van der Waals surface area (Å²) in [6.07, 6.45) is 1.57. The summed E-state index contributed by atoms with van der Waals surface area (Å²) >= 11 is 0. The second-order valence-corrected chi connectivity index (χ2v) is 2.63. The Morgan fingerprint density at radius 1 is 1.43 bits per heavy atom. The quantitative estimate of drug-likeness (QED) is 0.711. The minimum Gasteiger partial charge on any atom is -0.334 e. The lowest BCUT2D eigenvalue weighted by atomic mass is 10.3. The van der Waals surface area contributed by atoms with Crippen LogP contribution in [0.5, 0.6) is 0 Å². The minimum atomic E-state index is -0.337. The van der Waals surface area contributed by atoms with Crippen molar-refractivity contribution in [3.8, 4) is 0 Å². The molecule has 0 saturated heterocycles. The number of benzene rings is 1. The molecule has 2 N–H and O–H groups in total. The van der Waals surface area contributed by atoms with E-state index >= 15 is 0 Å². The fourth-order valence-corrected chi connectivity index (χ4v) is 0.873. The van der Waals surface area contributed by atoms with Crippen LogP contribution in [0.2, 0.25) is 0 Å². The number of hydrogen-bond acceptors (Lipinski definition) is 1. The van der Waals surface area contributed by atoms with E-state index in [-0.39, 0.29) is 11.8 Å². The van der Waals surface area contributed by atoms with Gasteiger partial charge in [-0.15, -0.1) is 6.58 Å². The average Bonchev–Trinajstić information content (AvgIpc) is 2.18. The molecule has 3 nitrogen and oxygen atoms in total. The Kier molecular flexibility index (Phi) is 3.67. The summed E-state index contributed by atoms with van der Waals surface area (Å²) in [7, 11) is 0. The zero-order valence-corrected chi connectivity index (χ0v) is 7.59. The van der Waals surface area contributed by atoms with E-state index in [1.54, 1.807) is 6.08 Å². The molecule has 1 aromatic rings. The van der Waals surface area contributed by atoms with E-state index in [0.29, 0.717) is 12.2 Å². The molecule has 74 valence electrons. The molecule has 0 atom stereocenters. The Labute approximate surface area is 81.6 Å². The number of rotatable bonds is 3. The topological polar surface area (TPSA) is 41.1 Å². The number of nitrogens with one attached hydrogen (secondary N) is 2. The molecule has 14 heavy (non-hydrogen) atoms. The lowest BCUT2D eigenvalue weighted by Crippen LogP contribution is -2.28. The maximum Gasteiger partial charge on any atom is 0.319 e. The number of hydrogen-bond donors (Lipinski definition) is 2. The van der Waals surface area contributed by atoms with Crippen LogP contribution in [0, 0.1) is 5.82 Å². The first-order chi connectivity index (χ1) is 6.72. The smallest absolute Gasteiger partial charge is 0.319 e. The van der Waals surface area contributed by atoms with Crippen LogP contribution >= 0.6 is 0 Å². The zero-order chi connectivity index (χ0) is 10.4. The van der Waals surface area contributed by atoms with E-state index in [2.05, 4.69) is 17.2 Å². The second-order valence-electron chi connectivity index (χ2n) is 2.63. The van der Waals surface area contributed by atoms with Crippen LogP contribution in [0.3, 0.4) is 0 Å². The number of halogens is 1. The van der Waals surface area contributed by atoms with Crippen molar-refractivity contribution in [3.63, 3.8) is 0 Å². The van der Waals surface area contributed by atoms with E-state index in [1.165, 1.54) is 24.3 Å². The van der Waals surface area contributed by atoms with E-state index in [9.17, 15) is 9.18 Å². The van der Waals surface area contributed by atoms with Crippen molar-refractivity contribution in [3.05, 3.63) is 42.7 Å². The predicted molar refractivity (Wildman–Crippen MR) is 53.6 cm³/mol. The normalized spacial score (nSPS) is 9.21. The third-order valence-corrected chi connectivity index (χ3v) is 1.51. The zero-order valence-electron chi connectivity index (χ0n) is 7.59. The lowest BCUT2D eigenvalue weighted by Gasteiger charge is -2.04. The third kappa shape index (κ3) is 3.26. The van der Waals surface area contributed by atoms with Crippen LogP contribution < -0.4 is 10.6 Å². The highest BCUT2D eigenvalue weighted by atomic mass is 19.1. The van der Waals surface area contributed by atoms with Gasteiger partial charge in [0.05, 0.1) is 0 Å². The van der Waals surface area contributed by atoms with E-state index in [1.807, 2.05) is 0 Å². The van der Waals surface area contributed by atoms with Crippen molar-refractivity contribution in [1.29, 1.82) is 0 Å². The summed E-state index contributed by atoms with van der Waals surface area (Å²) in [5.41, 5.74) is 0.549. The fraction of sp³-hybridized carbons (Fsp3) is 0.100. The molecule has 0 spiro atoms. The minimum absolute atomic E-state index is 0.331. The first-order valence-corrected chi connectivity index (χ1v) is 4.13. The SMILES string of the molecule is C=CCNC(=O)Nc1ccc(F)cc1. The van der Waals surface area contributed by atoms with Gasteiger partial charge in [-0.1, -0.05) is 6.08 Å². The Bertz CT molecular complexity index is 321. The van der Waals surface area contributed by atoms with Crippen LogP contribution in [0.15, 0.2) is 36.9 Å². The molecule has 0 aromatic heterocycles. The Hall–Kier alpha value is -1.84. The van der Waals surface area contributed by atoms with E-state index in [0.717, 1.165) is 0 Å². The standard InChI is InChI=1S/C10H11FN2O/c1-2-7-12-10(14)13-9-5-3-8(11)4-6-9/h2-6H,1,7H2,(H2,12,13,14). The molecule has 1 aromatic carbocycles. The average molecular weight is 194 g/mol. The molecule has 1 rings (SSSR count). The first kappa shape index (κ1) is 10.2. The summed E-state index contributed by atoms with van der Waals surface area (Å²) in [5.74, 6) is -0.331. The Morgan fingerprint density at radius 2 is 2.07 bits per heavy atom. The molecule has 0 radical (unpaired) electrons. The molecule has 0 unspecified atom stereocenters. The number of anilines is 1. The van der Waals surface area contributed by atoms with Gasteiger partial charge >= 0.3 is 6.03 Å². The van der Waals surface area contributed by atoms with Gasteiger partial charge in [0.1, 0.15) is 5.82 Å². The molecule has 0 aliphatic carbocycles. The van der Waals surface area contributed by atoms with Gasteiger partial charge in [0.25, 0.3) is 0 Å². The molecule has 0 heterocycles. The number of urea groups is 1. The van der Waals surface area contributed by atoms with Crippen LogP contribution in [0.25, 0.3) is 0 Å². The van der Waals surface area contributed by atoms with Crippen molar-refractivity contribution in [2.24, 2.45) is 0 Å². The molecule has 0 aliphatic heterocycles. The number of amides is 2. The molecule has 0 aliphatic rings. The van der Waals surface area contributed by atoms with Crippen molar-refractivity contribution >= 4 is 11.7 Å². The van der Waals surface area contributed by atoms with E-state index < -0.39 is 0 Å². The molecular weight excluding hydrogens is 183 g/mol. The molecule has 0 fully saturated rings. The summed E-state index contributed by atoms with van der Waals surface area (Å²) in [6, 6.07) is 5.20. The fourth-order valence-electron chi connectivity index (χ4n) is 0.873. The molecule has 0 bridgehead atoms. The van der Waals surface area contributed by atoms with Gasteiger partial charge in [0.2, 0.25) is 0 Å². The lowest BCUT2D eigenvalue weighted by molar-refractivity contribution is 0.253. The van der Waals surface area contributed by atoms with Crippen molar-refractivity contribution in [1.82, 2.24) is 5.32 Å². The highest BCUT2D eigenvalue weighted by molar-refractivity contribution is 5.89. The van der Waals surface area contributed by atoms with Gasteiger partial charge in [0.15, 0.2) is 0 Å². The molecule has 2 amide bonds. The monoisotopic (exact) mass is 194 g/mol. The van der Waals surface area contributed by atoms with Crippen LogP contribution in [-0.2, 0) is 0 Å². The summed E-state index contributed by atoms with van der Waals surface area (Å²) in [6.45, 7) is 3.86. The van der Waals surface area contributed by atoms with Crippen molar-refractivity contribution in [2.75, 3.05) is 11.9 Å². The van der Waals surface area contributed by atoms with Crippen molar-refractivity contribution in [2.45, 2.75) is 0 Å². The van der Waals surface area contributed by atoms with Gasteiger partial charge in [-0.2, -0.15) is 0 Å². The maximum atomic E-state index is 12.5. The number of carbonyl (C=O) groups is 1.